The molecular formula is C15H21Cl2FN2. The summed E-state index contributed by atoms with van der Waals surface area (Å²) in [6.07, 6.45) is 3.05. The largest absolute Gasteiger partial charge is 0.314 e. The lowest BCUT2D eigenvalue weighted by atomic mass is 9.98. The molecule has 1 atom stereocenters. The highest BCUT2D eigenvalue weighted by molar-refractivity contribution is 6.33. The molecule has 0 radical (unpaired) electrons. The molecule has 0 aliphatic carbocycles. The Morgan fingerprint density at radius 2 is 1.90 bits per heavy atom. The van der Waals surface area contributed by atoms with Gasteiger partial charge in [-0.25, -0.2) is 4.39 Å². The lowest BCUT2D eigenvalue weighted by Crippen LogP contribution is -2.45. The first kappa shape index (κ1) is 16.0. The number of nitrogens with zero attached hydrogens (tertiary/aromatic N) is 1. The van der Waals surface area contributed by atoms with Gasteiger partial charge in [0, 0.05) is 42.8 Å². The highest BCUT2D eigenvalue weighted by atomic mass is 35.5. The number of hydrogen-bond acceptors (Lipinski definition) is 2. The zero-order valence-electron chi connectivity index (χ0n) is 11.8. The fourth-order valence-electron chi connectivity index (χ4n) is 2.75. The van der Waals surface area contributed by atoms with Crippen molar-refractivity contribution in [3.05, 3.63) is 33.6 Å². The van der Waals surface area contributed by atoms with E-state index >= 15 is 0 Å². The van der Waals surface area contributed by atoms with Crippen LogP contribution in [0, 0.1) is 5.82 Å². The number of halogens is 3. The predicted molar refractivity (Wildman–Crippen MR) is 83.1 cm³/mol. The second-order valence-corrected chi connectivity index (χ2v) is 6.02. The van der Waals surface area contributed by atoms with E-state index in [0.717, 1.165) is 45.4 Å². The molecule has 112 valence electrons. The fourth-order valence-corrected chi connectivity index (χ4v) is 3.19. The molecule has 1 aromatic carbocycles. The average molecular weight is 319 g/mol. The first-order valence-corrected chi connectivity index (χ1v) is 7.99. The van der Waals surface area contributed by atoms with Crippen molar-refractivity contribution in [3.63, 3.8) is 0 Å². The molecule has 20 heavy (non-hydrogen) atoms. The van der Waals surface area contributed by atoms with Crippen LogP contribution in [-0.2, 0) is 0 Å². The standard InChI is InChI=1S/C15H21Cl2FN2/c1-2-3-4-13(20-9-7-19-8-10-20)14-11(16)5-6-12(17)15(14)18/h5-6,13,19H,2-4,7-10H2,1H3/t13-/m1/s1. The average Bonchev–Trinajstić information content (AvgIpc) is 2.47. The normalized spacial score (nSPS) is 18.2. The van der Waals surface area contributed by atoms with Crippen molar-refractivity contribution >= 4 is 23.2 Å². The lowest BCUT2D eigenvalue weighted by Gasteiger charge is -2.36. The van der Waals surface area contributed by atoms with E-state index in [0.29, 0.717) is 10.6 Å². The van der Waals surface area contributed by atoms with Gasteiger partial charge in [0.1, 0.15) is 5.82 Å². The van der Waals surface area contributed by atoms with E-state index < -0.39 is 0 Å². The summed E-state index contributed by atoms with van der Waals surface area (Å²) in [5, 5.41) is 3.96. The number of nitrogens with one attached hydrogen (secondary N) is 1. The molecule has 0 saturated carbocycles. The minimum absolute atomic E-state index is 0.0169. The number of unbranched alkanes of at least 4 members (excludes halogenated alkanes) is 1. The van der Waals surface area contributed by atoms with E-state index in [1.54, 1.807) is 6.07 Å². The maximum atomic E-state index is 14.4. The van der Waals surface area contributed by atoms with Gasteiger partial charge in [0.25, 0.3) is 0 Å². The van der Waals surface area contributed by atoms with E-state index in [-0.39, 0.29) is 16.9 Å². The fraction of sp³-hybridized carbons (Fsp3) is 0.600. The Labute approximate surface area is 130 Å². The molecule has 0 aromatic heterocycles. The number of rotatable bonds is 5. The summed E-state index contributed by atoms with van der Waals surface area (Å²) >= 11 is 12.2. The number of benzene rings is 1. The topological polar surface area (TPSA) is 15.3 Å². The molecule has 0 unspecified atom stereocenters. The van der Waals surface area contributed by atoms with Crippen molar-refractivity contribution in [1.82, 2.24) is 10.2 Å². The molecule has 0 bridgehead atoms. The van der Waals surface area contributed by atoms with Gasteiger partial charge in [-0.15, -0.1) is 0 Å². The Morgan fingerprint density at radius 1 is 1.25 bits per heavy atom. The molecule has 2 rings (SSSR count). The van der Waals surface area contributed by atoms with Gasteiger partial charge < -0.3 is 5.32 Å². The van der Waals surface area contributed by atoms with Gasteiger partial charge in [0.15, 0.2) is 0 Å². The quantitative estimate of drug-likeness (QED) is 0.816. The first-order valence-electron chi connectivity index (χ1n) is 7.23. The highest BCUT2D eigenvalue weighted by Gasteiger charge is 2.27. The molecule has 0 amide bonds. The Hall–Kier alpha value is -0.350. The molecule has 1 heterocycles. The van der Waals surface area contributed by atoms with E-state index in [1.807, 2.05) is 0 Å². The molecule has 2 nitrogen and oxygen atoms in total. The zero-order valence-corrected chi connectivity index (χ0v) is 13.3. The van der Waals surface area contributed by atoms with Crippen molar-refractivity contribution in [2.24, 2.45) is 0 Å². The van der Waals surface area contributed by atoms with Crippen LogP contribution < -0.4 is 5.32 Å². The van der Waals surface area contributed by atoms with Crippen LogP contribution in [-0.4, -0.2) is 31.1 Å². The van der Waals surface area contributed by atoms with Gasteiger partial charge in [-0.05, 0) is 18.6 Å². The van der Waals surface area contributed by atoms with E-state index in [1.165, 1.54) is 6.07 Å². The van der Waals surface area contributed by atoms with E-state index in [2.05, 4.69) is 17.1 Å². The third-order valence-electron chi connectivity index (χ3n) is 3.84. The van der Waals surface area contributed by atoms with Gasteiger partial charge >= 0.3 is 0 Å². The SMILES string of the molecule is CCCC[C@H](c1c(Cl)ccc(Cl)c1F)N1CCNCC1. The molecule has 1 N–H and O–H groups in total. The van der Waals surface area contributed by atoms with Gasteiger partial charge in [-0.1, -0.05) is 43.0 Å². The Morgan fingerprint density at radius 3 is 2.55 bits per heavy atom. The van der Waals surface area contributed by atoms with Gasteiger partial charge in [0.05, 0.1) is 5.02 Å². The molecule has 1 saturated heterocycles. The zero-order chi connectivity index (χ0) is 14.5. The van der Waals surface area contributed by atoms with Crippen molar-refractivity contribution in [1.29, 1.82) is 0 Å². The van der Waals surface area contributed by atoms with Crippen LogP contribution in [0.5, 0.6) is 0 Å². The maximum Gasteiger partial charge on any atom is 0.148 e. The Balaban J connectivity index is 2.32. The minimum Gasteiger partial charge on any atom is -0.314 e. The summed E-state index contributed by atoms with van der Waals surface area (Å²) in [5.74, 6) is -0.362. The van der Waals surface area contributed by atoms with Crippen LogP contribution >= 0.6 is 23.2 Å². The highest BCUT2D eigenvalue weighted by Crippen LogP contribution is 2.36. The van der Waals surface area contributed by atoms with Crippen LogP contribution in [0.3, 0.4) is 0 Å². The lowest BCUT2D eigenvalue weighted by molar-refractivity contribution is 0.160. The summed E-state index contributed by atoms with van der Waals surface area (Å²) in [6.45, 7) is 5.84. The summed E-state index contributed by atoms with van der Waals surface area (Å²) in [4.78, 5) is 2.31. The summed E-state index contributed by atoms with van der Waals surface area (Å²) in [6, 6.07) is 3.24. The van der Waals surface area contributed by atoms with Crippen LogP contribution in [0.1, 0.15) is 37.8 Å². The van der Waals surface area contributed by atoms with Crippen molar-refractivity contribution in [2.45, 2.75) is 32.2 Å². The van der Waals surface area contributed by atoms with Crippen LogP contribution in [0.2, 0.25) is 10.0 Å². The minimum atomic E-state index is -0.362. The number of hydrogen-bond donors (Lipinski definition) is 1. The first-order chi connectivity index (χ1) is 9.65. The van der Waals surface area contributed by atoms with E-state index in [9.17, 15) is 4.39 Å². The molecule has 5 heteroatoms. The van der Waals surface area contributed by atoms with Gasteiger partial charge in [-0.3, -0.25) is 4.90 Å². The third-order valence-corrected chi connectivity index (χ3v) is 4.46. The summed E-state index contributed by atoms with van der Waals surface area (Å²) in [5.41, 5.74) is 0.564. The predicted octanol–water partition coefficient (Wildman–Crippen LogP) is 4.27. The van der Waals surface area contributed by atoms with E-state index in [4.69, 9.17) is 23.2 Å². The van der Waals surface area contributed by atoms with Crippen LogP contribution in [0.25, 0.3) is 0 Å². The molecular weight excluding hydrogens is 298 g/mol. The van der Waals surface area contributed by atoms with Crippen molar-refractivity contribution < 1.29 is 4.39 Å². The van der Waals surface area contributed by atoms with Crippen molar-refractivity contribution in [3.8, 4) is 0 Å². The molecule has 1 aliphatic heterocycles. The molecule has 1 fully saturated rings. The second-order valence-electron chi connectivity index (χ2n) is 5.20. The van der Waals surface area contributed by atoms with Crippen LogP contribution in [0.4, 0.5) is 4.39 Å². The monoisotopic (exact) mass is 318 g/mol. The van der Waals surface area contributed by atoms with Gasteiger partial charge in [0.2, 0.25) is 0 Å². The van der Waals surface area contributed by atoms with Crippen LogP contribution in [0.15, 0.2) is 12.1 Å². The molecule has 1 aliphatic rings. The van der Waals surface area contributed by atoms with Crippen molar-refractivity contribution in [2.75, 3.05) is 26.2 Å². The number of piperazine rings is 1. The maximum absolute atomic E-state index is 14.4. The summed E-state index contributed by atoms with van der Waals surface area (Å²) in [7, 11) is 0. The van der Waals surface area contributed by atoms with Gasteiger partial charge in [-0.2, -0.15) is 0 Å². The molecule has 0 spiro atoms. The smallest absolute Gasteiger partial charge is 0.148 e. The Bertz CT molecular complexity index is 448. The second kappa shape index (κ2) is 7.60. The third kappa shape index (κ3) is 3.64. The summed E-state index contributed by atoms with van der Waals surface area (Å²) < 4.78 is 14.4. The molecule has 1 aromatic rings. The Kier molecular flexibility index (Phi) is 6.09.